The third-order valence-corrected chi connectivity index (χ3v) is 4.81. The number of benzene rings is 1. The molecule has 0 fully saturated rings. The van der Waals surface area contributed by atoms with Gasteiger partial charge in [-0.3, -0.25) is 4.79 Å². The van der Waals surface area contributed by atoms with E-state index in [1.54, 1.807) is 19.2 Å². The fourth-order valence-corrected chi connectivity index (χ4v) is 2.66. The molecule has 1 aromatic carbocycles. The lowest BCUT2D eigenvalue weighted by Gasteiger charge is -2.10. The molecule has 5 nitrogen and oxygen atoms in total. The van der Waals surface area contributed by atoms with Gasteiger partial charge >= 0.3 is 0 Å². The van der Waals surface area contributed by atoms with E-state index in [1.807, 2.05) is 12.1 Å². The third kappa shape index (κ3) is 5.36. The highest BCUT2D eigenvalue weighted by atomic mass is 35.5. The van der Waals surface area contributed by atoms with Crippen molar-refractivity contribution in [1.29, 1.82) is 0 Å². The molecule has 1 N–H and O–H groups in total. The summed E-state index contributed by atoms with van der Waals surface area (Å²) < 4.78 is 10.4. The van der Waals surface area contributed by atoms with E-state index in [-0.39, 0.29) is 32.5 Å². The molecule has 1 aromatic heterocycles. The van der Waals surface area contributed by atoms with Crippen molar-refractivity contribution in [2.24, 2.45) is 0 Å². The Morgan fingerprint density at radius 2 is 1.72 bits per heavy atom. The van der Waals surface area contributed by atoms with E-state index in [0.29, 0.717) is 19.0 Å². The fraction of sp³-hybridized carbons (Fsp3) is 0.250. The van der Waals surface area contributed by atoms with Gasteiger partial charge in [-0.15, -0.1) is 0 Å². The summed E-state index contributed by atoms with van der Waals surface area (Å²) in [6.45, 7) is 1.25. The second-order valence-electron chi connectivity index (χ2n) is 4.86. The molecule has 0 aliphatic carbocycles. The van der Waals surface area contributed by atoms with Gasteiger partial charge in [0.05, 0.1) is 21.7 Å². The van der Waals surface area contributed by atoms with Gasteiger partial charge in [0, 0.05) is 13.7 Å². The average Bonchev–Trinajstić information content (AvgIpc) is 2.62. The number of carbonyl (C=O) groups is 1. The summed E-state index contributed by atoms with van der Waals surface area (Å²) in [7, 11) is 1.61. The van der Waals surface area contributed by atoms with Gasteiger partial charge in [-0.2, -0.15) is 0 Å². The third-order valence-electron chi connectivity index (χ3n) is 3.13. The van der Waals surface area contributed by atoms with Gasteiger partial charge in [0.15, 0.2) is 0 Å². The number of amides is 1. The first-order valence-corrected chi connectivity index (χ1v) is 8.64. The number of hydrogen-bond acceptors (Lipinski definition) is 4. The van der Waals surface area contributed by atoms with E-state index in [9.17, 15) is 4.79 Å². The van der Waals surface area contributed by atoms with Gasteiger partial charge < -0.3 is 14.8 Å². The minimum absolute atomic E-state index is 0.00828. The highest BCUT2D eigenvalue weighted by Crippen LogP contribution is 2.36. The van der Waals surface area contributed by atoms with Crippen LogP contribution in [0.25, 0.3) is 0 Å². The number of pyridine rings is 1. The van der Waals surface area contributed by atoms with Crippen molar-refractivity contribution in [2.45, 2.75) is 6.54 Å². The molecule has 0 bridgehead atoms. The molecule has 1 amide bonds. The molecule has 0 saturated heterocycles. The van der Waals surface area contributed by atoms with Crippen molar-refractivity contribution in [3.8, 4) is 5.75 Å². The summed E-state index contributed by atoms with van der Waals surface area (Å²) in [4.78, 5) is 16.1. The number of methoxy groups -OCH3 is 1. The molecule has 2 rings (SSSR count). The predicted octanol–water partition coefficient (Wildman–Crippen LogP) is 4.65. The molecule has 9 heteroatoms. The summed E-state index contributed by atoms with van der Waals surface area (Å²) >= 11 is 23.6. The molecule has 0 aliphatic heterocycles. The topological polar surface area (TPSA) is 60.5 Å². The van der Waals surface area contributed by atoms with Crippen LogP contribution in [0.1, 0.15) is 16.1 Å². The second-order valence-corrected chi connectivity index (χ2v) is 6.35. The number of ether oxygens (including phenoxy) is 2. The Bertz CT molecular complexity index is 754. The molecule has 0 saturated carbocycles. The van der Waals surface area contributed by atoms with Crippen LogP contribution in [0.2, 0.25) is 20.2 Å². The Morgan fingerprint density at radius 1 is 1.04 bits per heavy atom. The van der Waals surface area contributed by atoms with Crippen LogP contribution in [0.5, 0.6) is 5.75 Å². The van der Waals surface area contributed by atoms with Crippen LogP contribution in [-0.4, -0.2) is 31.2 Å². The summed E-state index contributed by atoms with van der Waals surface area (Å²) in [5, 5.41) is 2.56. The molecule has 0 unspecified atom stereocenters. The van der Waals surface area contributed by atoms with Crippen molar-refractivity contribution in [1.82, 2.24) is 10.3 Å². The normalized spacial score (nSPS) is 10.6. The SMILES string of the molecule is COCCOc1ccc(CNC(=O)c2nc(Cl)c(Cl)c(Cl)c2Cl)cc1. The molecule has 25 heavy (non-hydrogen) atoms. The summed E-state index contributed by atoms with van der Waals surface area (Å²) in [5.41, 5.74) is 0.787. The van der Waals surface area contributed by atoms with Gasteiger partial charge in [0.25, 0.3) is 5.91 Å². The number of hydrogen-bond donors (Lipinski definition) is 1. The van der Waals surface area contributed by atoms with E-state index in [0.717, 1.165) is 5.56 Å². The molecule has 0 atom stereocenters. The van der Waals surface area contributed by atoms with Gasteiger partial charge in [-0.25, -0.2) is 4.98 Å². The molecular weight excluding hydrogens is 410 g/mol. The standard InChI is InChI=1S/C16H14Cl4N2O3/c1-24-6-7-25-10-4-2-9(3-5-10)8-21-16(23)14-12(18)11(17)13(19)15(20)22-14/h2-5H,6-8H2,1H3,(H,21,23). The van der Waals surface area contributed by atoms with Crippen LogP contribution in [0.4, 0.5) is 0 Å². The quantitative estimate of drug-likeness (QED) is 0.520. The molecule has 0 radical (unpaired) electrons. The highest BCUT2D eigenvalue weighted by molar-refractivity contribution is 6.52. The monoisotopic (exact) mass is 422 g/mol. The zero-order chi connectivity index (χ0) is 18.4. The van der Waals surface area contributed by atoms with Gasteiger partial charge in [0.2, 0.25) is 0 Å². The molecule has 2 aromatic rings. The molecule has 1 heterocycles. The van der Waals surface area contributed by atoms with E-state index >= 15 is 0 Å². The van der Waals surface area contributed by atoms with Crippen LogP contribution in [0.15, 0.2) is 24.3 Å². The lowest BCUT2D eigenvalue weighted by Crippen LogP contribution is -2.24. The Balaban J connectivity index is 1.98. The maximum atomic E-state index is 12.2. The number of halogens is 4. The van der Waals surface area contributed by atoms with Crippen molar-refractivity contribution in [3.05, 3.63) is 55.7 Å². The van der Waals surface area contributed by atoms with Crippen LogP contribution in [0, 0.1) is 0 Å². The van der Waals surface area contributed by atoms with E-state index in [2.05, 4.69) is 10.3 Å². The maximum absolute atomic E-state index is 12.2. The first-order valence-electron chi connectivity index (χ1n) is 7.13. The minimum Gasteiger partial charge on any atom is -0.491 e. The zero-order valence-electron chi connectivity index (χ0n) is 13.1. The Kier molecular flexibility index (Phi) is 7.59. The lowest BCUT2D eigenvalue weighted by atomic mass is 10.2. The Labute approximate surface area is 165 Å². The Hall–Kier alpha value is -1.24. The first-order chi connectivity index (χ1) is 11.9. The van der Waals surface area contributed by atoms with Crippen molar-refractivity contribution in [2.75, 3.05) is 20.3 Å². The van der Waals surface area contributed by atoms with Crippen molar-refractivity contribution >= 4 is 52.3 Å². The largest absolute Gasteiger partial charge is 0.491 e. The van der Waals surface area contributed by atoms with Gasteiger partial charge in [-0.05, 0) is 17.7 Å². The van der Waals surface area contributed by atoms with E-state index in [4.69, 9.17) is 55.9 Å². The summed E-state index contributed by atoms with van der Waals surface area (Å²) in [6, 6.07) is 7.27. The van der Waals surface area contributed by atoms with Gasteiger partial charge in [0.1, 0.15) is 23.2 Å². The number of nitrogens with one attached hydrogen (secondary N) is 1. The van der Waals surface area contributed by atoms with Crippen molar-refractivity contribution < 1.29 is 14.3 Å². The summed E-state index contributed by atoms with van der Waals surface area (Å²) in [6.07, 6.45) is 0. The highest BCUT2D eigenvalue weighted by Gasteiger charge is 2.20. The number of carbonyl (C=O) groups excluding carboxylic acids is 1. The average molecular weight is 424 g/mol. The second kappa shape index (κ2) is 9.46. The molecular formula is C16H14Cl4N2O3. The molecule has 0 aliphatic rings. The zero-order valence-corrected chi connectivity index (χ0v) is 16.1. The maximum Gasteiger partial charge on any atom is 0.271 e. The lowest BCUT2D eigenvalue weighted by molar-refractivity contribution is 0.0946. The predicted molar refractivity (Wildman–Crippen MR) is 99.3 cm³/mol. The first kappa shape index (κ1) is 20.1. The van der Waals surface area contributed by atoms with Crippen LogP contribution in [-0.2, 0) is 11.3 Å². The van der Waals surface area contributed by atoms with Crippen LogP contribution >= 0.6 is 46.4 Å². The summed E-state index contributed by atoms with van der Waals surface area (Å²) in [5.74, 6) is 0.207. The number of rotatable bonds is 7. The smallest absolute Gasteiger partial charge is 0.271 e. The Morgan fingerprint density at radius 3 is 2.36 bits per heavy atom. The van der Waals surface area contributed by atoms with Gasteiger partial charge in [-0.1, -0.05) is 58.5 Å². The molecule has 134 valence electrons. The van der Waals surface area contributed by atoms with Crippen molar-refractivity contribution in [3.63, 3.8) is 0 Å². The van der Waals surface area contributed by atoms with Crippen LogP contribution < -0.4 is 10.1 Å². The van der Waals surface area contributed by atoms with E-state index in [1.165, 1.54) is 0 Å². The molecule has 0 spiro atoms. The minimum atomic E-state index is -0.508. The number of aromatic nitrogens is 1. The fourth-order valence-electron chi connectivity index (χ4n) is 1.85. The van der Waals surface area contributed by atoms with Crippen LogP contribution in [0.3, 0.4) is 0 Å². The van der Waals surface area contributed by atoms with E-state index < -0.39 is 5.91 Å². The number of nitrogens with zero attached hydrogens (tertiary/aromatic N) is 1.